The van der Waals surface area contributed by atoms with Crippen LogP contribution in [0.4, 0.5) is 23.0 Å². The molecule has 0 aliphatic rings. The average molecular weight is 329 g/mol. The molecule has 0 aliphatic heterocycles. The van der Waals surface area contributed by atoms with Gasteiger partial charge in [-0.15, -0.1) is 0 Å². The molecular weight excluding hydrogens is 310 g/mol. The van der Waals surface area contributed by atoms with Crippen LogP contribution in [0.25, 0.3) is 0 Å². The predicted molar refractivity (Wildman–Crippen MR) is 92.0 cm³/mol. The third-order valence-corrected chi connectivity index (χ3v) is 3.58. The van der Waals surface area contributed by atoms with Crippen molar-refractivity contribution in [1.82, 2.24) is 9.97 Å². The molecule has 2 aromatic rings. The van der Waals surface area contributed by atoms with E-state index in [-0.39, 0.29) is 23.1 Å². The second-order valence-electron chi connectivity index (χ2n) is 5.09. The van der Waals surface area contributed by atoms with Gasteiger partial charge in [-0.1, -0.05) is 12.1 Å². The molecule has 0 fully saturated rings. The summed E-state index contributed by atoms with van der Waals surface area (Å²) in [6.45, 7) is 6.45. The van der Waals surface area contributed by atoms with Gasteiger partial charge >= 0.3 is 5.69 Å². The first kappa shape index (κ1) is 17.3. The van der Waals surface area contributed by atoms with E-state index in [0.29, 0.717) is 24.3 Å². The highest BCUT2D eigenvalue weighted by molar-refractivity contribution is 5.95. The monoisotopic (exact) mass is 329 g/mol. The van der Waals surface area contributed by atoms with Gasteiger partial charge in [-0.05, 0) is 32.9 Å². The molecule has 0 unspecified atom stereocenters. The van der Waals surface area contributed by atoms with Crippen LogP contribution in [0.2, 0.25) is 0 Å². The van der Waals surface area contributed by atoms with E-state index in [1.165, 1.54) is 13.3 Å². The average Bonchev–Trinajstić information content (AvgIpc) is 2.56. The number of hydrogen-bond acceptors (Lipinski definition) is 7. The normalized spacial score (nSPS) is 10.3. The fraction of sp³-hybridized carbons (Fsp3) is 0.312. The molecule has 126 valence electrons. The van der Waals surface area contributed by atoms with Crippen LogP contribution in [-0.2, 0) is 0 Å². The summed E-state index contributed by atoms with van der Waals surface area (Å²) in [6, 6.07) is 6.74. The van der Waals surface area contributed by atoms with Crippen molar-refractivity contribution in [1.29, 1.82) is 0 Å². The molecule has 0 aliphatic carbocycles. The van der Waals surface area contributed by atoms with Crippen molar-refractivity contribution in [3.8, 4) is 0 Å². The number of anilines is 3. The highest BCUT2D eigenvalue weighted by atomic mass is 16.6. The first-order valence-corrected chi connectivity index (χ1v) is 7.60. The van der Waals surface area contributed by atoms with Crippen molar-refractivity contribution in [2.45, 2.75) is 20.8 Å². The summed E-state index contributed by atoms with van der Waals surface area (Å²) in [6.07, 6.45) is 1.29. The molecule has 2 rings (SSSR count). The van der Waals surface area contributed by atoms with Crippen LogP contribution in [-0.4, -0.2) is 33.8 Å². The van der Waals surface area contributed by atoms with Crippen molar-refractivity contribution in [3.05, 3.63) is 46.3 Å². The van der Waals surface area contributed by atoms with Crippen LogP contribution in [0.15, 0.2) is 30.6 Å². The fourth-order valence-electron chi connectivity index (χ4n) is 2.34. The summed E-state index contributed by atoms with van der Waals surface area (Å²) >= 11 is 0. The molecule has 0 radical (unpaired) electrons. The number of aromatic nitrogens is 2. The summed E-state index contributed by atoms with van der Waals surface area (Å²) in [5, 5.41) is 14.5. The Bertz CT molecular complexity index is 759. The Balaban J connectivity index is 2.47. The van der Waals surface area contributed by atoms with Crippen LogP contribution in [0.3, 0.4) is 0 Å². The zero-order valence-corrected chi connectivity index (χ0v) is 13.8. The van der Waals surface area contributed by atoms with E-state index in [0.717, 1.165) is 0 Å². The molecule has 0 saturated heterocycles. The second-order valence-corrected chi connectivity index (χ2v) is 5.09. The number of ketones is 1. The molecule has 1 N–H and O–H groups in total. The number of nitro groups is 1. The molecular formula is C16H19N5O3. The van der Waals surface area contributed by atoms with Crippen molar-refractivity contribution in [3.63, 3.8) is 0 Å². The fourth-order valence-corrected chi connectivity index (χ4v) is 2.34. The van der Waals surface area contributed by atoms with Gasteiger partial charge in [0.05, 0.1) is 4.92 Å². The summed E-state index contributed by atoms with van der Waals surface area (Å²) in [5.74, 6) is 0.280. The van der Waals surface area contributed by atoms with Gasteiger partial charge in [0.15, 0.2) is 5.78 Å². The molecule has 24 heavy (non-hydrogen) atoms. The SMILES string of the molecule is CCN(CC)c1ncnc(Nc2cccc(C(C)=O)c2)c1[N+](=O)[O-]. The molecule has 1 aromatic heterocycles. The Labute approximate surface area is 139 Å². The van der Waals surface area contributed by atoms with E-state index in [4.69, 9.17) is 0 Å². The van der Waals surface area contributed by atoms with Gasteiger partial charge in [-0.25, -0.2) is 9.97 Å². The van der Waals surface area contributed by atoms with Crippen LogP contribution < -0.4 is 10.2 Å². The number of carbonyl (C=O) groups is 1. The molecule has 0 atom stereocenters. The number of carbonyl (C=O) groups excluding carboxylic acids is 1. The first-order valence-electron chi connectivity index (χ1n) is 7.60. The Kier molecular flexibility index (Phi) is 5.41. The highest BCUT2D eigenvalue weighted by Gasteiger charge is 2.26. The lowest BCUT2D eigenvalue weighted by molar-refractivity contribution is -0.383. The number of rotatable bonds is 7. The maximum absolute atomic E-state index is 11.5. The van der Waals surface area contributed by atoms with E-state index in [1.807, 2.05) is 13.8 Å². The van der Waals surface area contributed by atoms with Gasteiger partial charge in [-0.3, -0.25) is 14.9 Å². The number of benzene rings is 1. The minimum atomic E-state index is -0.495. The number of nitrogens with zero attached hydrogens (tertiary/aromatic N) is 4. The third kappa shape index (κ3) is 3.65. The Morgan fingerprint density at radius 3 is 2.58 bits per heavy atom. The minimum absolute atomic E-state index is 0.0836. The summed E-state index contributed by atoms with van der Waals surface area (Å²) in [5.41, 5.74) is 0.880. The van der Waals surface area contributed by atoms with Crippen molar-refractivity contribution < 1.29 is 9.72 Å². The lowest BCUT2D eigenvalue weighted by Gasteiger charge is -2.20. The Morgan fingerprint density at radius 1 is 1.29 bits per heavy atom. The molecule has 8 nitrogen and oxygen atoms in total. The molecule has 0 saturated carbocycles. The molecule has 1 aromatic carbocycles. The van der Waals surface area contributed by atoms with Crippen molar-refractivity contribution in [2.75, 3.05) is 23.3 Å². The van der Waals surface area contributed by atoms with Gasteiger partial charge in [-0.2, -0.15) is 0 Å². The quantitative estimate of drug-likeness (QED) is 0.473. The third-order valence-electron chi connectivity index (χ3n) is 3.58. The number of Topliss-reactive ketones (excluding diaryl/α,β-unsaturated/α-hetero) is 1. The van der Waals surface area contributed by atoms with Crippen LogP contribution in [0.5, 0.6) is 0 Å². The highest BCUT2D eigenvalue weighted by Crippen LogP contribution is 2.33. The maximum atomic E-state index is 11.5. The lowest BCUT2D eigenvalue weighted by atomic mass is 10.1. The van der Waals surface area contributed by atoms with E-state index in [1.54, 1.807) is 29.2 Å². The minimum Gasteiger partial charge on any atom is -0.351 e. The van der Waals surface area contributed by atoms with E-state index >= 15 is 0 Å². The number of nitrogens with one attached hydrogen (secondary N) is 1. The van der Waals surface area contributed by atoms with E-state index < -0.39 is 4.92 Å². The standard InChI is InChI=1S/C16H19N5O3/c1-4-20(5-2)16-14(21(23)24)15(17-10-18-16)19-13-8-6-7-12(9-13)11(3)22/h6-10H,4-5H2,1-3H3,(H,17,18,19). The van der Waals surface area contributed by atoms with Crippen molar-refractivity contribution in [2.24, 2.45) is 0 Å². The van der Waals surface area contributed by atoms with E-state index in [9.17, 15) is 14.9 Å². The van der Waals surface area contributed by atoms with Gasteiger partial charge in [0.2, 0.25) is 11.6 Å². The van der Waals surface area contributed by atoms with Crippen LogP contribution in [0, 0.1) is 10.1 Å². The smallest absolute Gasteiger partial charge is 0.351 e. The lowest BCUT2D eigenvalue weighted by Crippen LogP contribution is -2.24. The Morgan fingerprint density at radius 2 is 2.00 bits per heavy atom. The van der Waals surface area contributed by atoms with Gasteiger partial charge in [0, 0.05) is 24.3 Å². The van der Waals surface area contributed by atoms with Gasteiger partial charge in [0.25, 0.3) is 0 Å². The molecule has 0 spiro atoms. The van der Waals surface area contributed by atoms with Crippen molar-refractivity contribution >= 4 is 28.8 Å². The van der Waals surface area contributed by atoms with Crippen LogP contribution in [0.1, 0.15) is 31.1 Å². The largest absolute Gasteiger partial charge is 0.353 e. The second kappa shape index (κ2) is 7.49. The zero-order chi connectivity index (χ0) is 17.7. The van der Waals surface area contributed by atoms with Crippen LogP contribution >= 0.6 is 0 Å². The summed E-state index contributed by atoms with van der Waals surface area (Å²) in [7, 11) is 0. The maximum Gasteiger partial charge on any atom is 0.353 e. The summed E-state index contributed by atoms with van der Waals surface area (Å²) < 4.78 is 0. The Hall–Kier alpha value is -3.03. The molecule has 0 bridgehead atoms. The summed E-state index contributed by atoms with van der Waals surface area (Å²) in [4.78, 5) is 32.4. The first-order chi connectivity index (χ1) is 11.5. The topological polar surface area (TPSA) is 101 Å². The zero-order valence-electron chi connectivity index (χ0n) is 13.8. The molecule has 0 amide bonds. The molecule has 8 heteroatoms. The van der Waals surface area contributed by atoms with Gasteiger partial charge < -0.3 is 10.2 Å². The van der Waals surface area contributed by atoms with Gasteiger partial charge in [0.1, 0.15) is 6.33 Å². The number of hydrogen-bond donors (Lipinski definition) is 1. The predicted octanol–water partition coefficient (Wildman–Crippen LogP) is 3.18. The van der Waals surface area contributed by atoms with E-state index in [2.05, 4.69) is 15.3 Å². The molecule has 1 heterocycles.